The lowest BCUT2D eigenvalue weighted by Gasteiger charge is -2.18. The third-order valence-corrected chi connectivity index (χ3v) is 8.73. The second-order valence-corrected chi connectivity index (χ2v) is 13.7. The van der Waals surface area contributed by atoms with Gasteiger partial charge >= 0.3 is 23.9 Å². The minimum atomic E-state index is -1.38. The molecule has 1 atom stereocenters. The number of ether oxygens (including phenoxy) is 3. The first-order valence-corrected chi connectivity index (χ1v) is 20.4. The van der Waals surface area contributed by atoms with E-state index in [1.165, 1.54) is 89.9 Å². The summed E-state index contributed by atoms with van der Waals surface area (Å²) in [5.74, 6) is -2.93. The first-order valence-electron chi connectivity index (χ1n) is 20.4. The minimum absolute atomic E-state index is 0.171. The van der Waals surface area contributed by atoms with Gasteiger partial charge in [-0.15, -0.1) is 0 Å². The van der Waals surface area contributed by atoms with Gasteiger partial charge in [-0.2, -0.15) is 0 Å². The van der Waals surface area contributed by atoms with Gasteiger partial charge in [-0.25, -0.2) is 0 Å². The number of aliphatic carboxylic acids is 1. The van der Waals surface area contributed by atoms with Crippen molar-refractivity contribution in [1.29, 1.82) is 0 Å². The molecule has 0 aliphatic heterocycles. The summed E-state index contributed by atoms with van der Waals surface area (Å²) in [4.78, 5) is 47.7. The van der Waals surface area contributed by atoms with Crippen molar-refractivity contribution < 1.29 is 38.5 Å². The molecule has 0 amide bonds. The van der Waals surface area contributed by atoms with E-state index in [0.717, 1.165) is 64.2 Å². The lowest BCUT2D eigenvalue weighted by atomic mass is 10.1. The molecule has 290 valence electrons. The van der Waals surface area contributed by atoms with E-state index in [1.54, 1.807) is 0 Å². The van der Waals surface area contributed by atoms with Crippen molar-refractivity contribution in [3.8, 4) is 0 Å². The molecule has 1 unspecified atom stereocenters. The molecular weight excluding hydrogens is 632 g/mol. The minimum Gasteiger partial charge on any atom is -0.481 e. The number of carboxylic acids is 1. The largest absolute Gasteiger partial charge is 0.481 e. The fraction of sp³-hybridized carbons (Fsp3) is 0.810. The third-order valence-electron chi connectivity index (χ3n) is 8.73. The van der Waals surface area contributed by atoms with Crippen molar-refractivity contribution in [2.75, 3.05) is 6.61 Å². The zero-order valence-electron chi connectivity index (χ0n) is 32.1. The summed E-state index contributed by atoms with van der Waals surface area (Å²) in [6.07, 6.45) is 37.6. The molecule has 0 spiro atoms. The Bertz CT molecular complexity index is 881. The summed E-state index contributed by atoms with van der Waals surface area (Å²) in [5, 5.41) is 8.84. The second kappa shape index (κ2) is 37.6. The first-order chi connectivity index (χ1) is 24.4. The summed E-state index contributed by atoms with van der Waals surface area (Å²) in [7, 11) is 0. The highest BCUT2D eigenvalue weighted by Gasteiger charge is 2.21. The van der Waals surface area contributed by atoms with Crippen LogP contribution >= 0.6 is 0 Å². The fourth-order valence-electron chi connectivity index (χ4n) is 5.63. The van der Waals surface area contributed by atoms with Gasteiger partial charge in [-0.05, 0) is 64.2 Å². The van der Waals surface area contributed by atoms with Crippen LogP contribution in [-0.2, 0) is 33.4 Å². The number of hydrogen-bond donors (Lipinski definition) is 1. The number of esters is 3. The van der Waals surface area contributed by atoms with E-state index in [1.807, 2.05) is 0 Å². The van der Waals surface area contributed by atoms with Crippen LogP contribution in [0.1, 0.15) is 206 Å². The summed E-state index contributed by atoms with van der Waals surface area (Å²) >= 11 is 0. The van der Waals surface area contributed by atoms with Gasteiger partial charge in [0.2, 0.25) is 0 Å². The van der Waals surface area contributed by atoms with E-state index < -0.39 is 43.2 Å². The van der Waals surface area contributed by atoms with E-state index in [0.29, 0.717) is 12.8 Å². The van der Waals surface area contributed by atoms with Crippen LogP contribution in [0.15, 0.2) is 24.3 Å². The van der Waals surface area contributed by atoms with Crippen LogP contribution in [-0.4, -0.2) is 41.9 Å². The molecule has 0 bridgehead atoms. The predicted molar refractivity (Wildman–Crippen MR) is 203 cm³/mol. The molecule has 0 radical (unpaired) electrons. The van der Waals surface area contributed by atoms with Gasteiger partial charge in [0.05, 0.1) is 12.8 Å². The number of allylic oxidation sites excluding steroid dienone is 4. The van der Waals surface area contributed by atoms with Crippen molar-refractivity contribution in [3.63, 3.8) is 0 Å². The summed E-state index contributed by atoms with van der Waals surface area (Å²) in [5.41, 5.74) is 0. The normalized spacial score (nSPS) is 12.0. The summed E-state index contributed by atoms with van der Waals surface area (Å²) < 4.78 is 15.7. The molecule has 0 heterocycles. The lowest BCUT2D eigenvalue weighted by molar-refractivity contribution is -0.200. The van der Waals surface area contributed by atoms with Crippen LogP contribution in [0.4, 0.5) is 0 Å². The SMILES string of the molecule is CCCCCCCC/C=C\CCCCCCCC(=O)OCC(OC(=O)CCCCCCC/C=C\CCCCCCCC)OC(=O)CCC(=O)O. The van der Waals surface area contributed by atoms with Gasteiger partial charge < -0.3 is 19.3 Å². The van der Waals surface area contributed by atoms with Crippen molar-refractivity contribution in [2.24, 2.45) is 0 Å². The average molecular weight is 707 g/mol. The van der Waals surface area contributed by atoms with Gasteiger partial charge in [-0.1, -0.05) is 141 Å². The van der Waals surface area contributed by atoms with Crippen molar-refractivity contribution in [1.82, 2.24) is 0 Å². The molecule has 0 fully saturated rings. The van der Waals surface area contributed by atoms with Crippen molar-refractivity contribution in [3.05, 3.63) is 24.3 Å². The summed E-state index contributed by atoms with van der Waals surface area (Å²) in [6.45, 7) is 4.08. The molecule has 0 aromatic rings. The molecule has 0 saturated heterocycles. The number of carboxylic acid groups (broad SMARTS) is 1. The molecule has 0 rings (SSSR count). The summed E-state index contributed by atoms with van der Waals surface area (Å²) in [6, 6.07) is 0. The number of unbranched alkanes of at least 4 members (excludes halogenated alkanes) is 22. The smallest absolute Gasteiger partial charge is 0.309 e. The van der Waals surface area contributed by atoms with Gasteiger partial charge in [0.15, 0.2) is 6.61 Å². The van der Waals surface area contributed by atoms with Crippen LogP contribution in [0.25, 0.3) is 0 Å². The zero-order valence-corrected chi connectivity index (χ0v) is 32.1. The lowest BCUT2D eigenvalue weighted by Crippen LogP contribution is -2.30. The Kier molecular flexibility index (Phi) is 35.6. The van der Waals surface area contributed by atoms with Crippen LogP contribution in [0.5, 0.6) is 0 Å². The van der Waals surface area contributed by atoms with Crippen molar-refractivity contribution >= 4 is 23.9 Å². The number of carbonyl (C=O) groups is 4. The third kappa shape index (κ3) is 36.6. The van der Waals surface area contributed by atoms with E-state index in [2.05, 4.69) is 38.2 Å². The molecule has 8 nitrogen and oxygen atoms in total. The molecule has 0 aromatic heterocycles. The van der Waals surface area contributed by atoms with Gasteiger partial charge in [0.1, 0.15) is 0 Å². The van der Waals surface area contributed by atoms with Gasteiger partial charge in [-0.3, -0.25) is 19.2 Å². The van der Waals surface area contributed by atoms with E-state index in [-0.39, 0.29) is 19.3 Å². The number of rotatable bonds is 37. The highest BCUT2D eigenvalue weighted by atomic mass is 16.7. The van der Waals surface area contributed by atoms with E-state index in [4.69, 9.17) is 19.3 Å². The highest BCUT2D eigenvalue weighted by Crippen LogP contribution is 2.13. The van der Waals surface area contributed by atoms with Crippen LogP contribution in [0.2, 0.25) is 0 Å². The maximum absolute atomic E-state index is 12.4. The van der Waals surface area contributed by atoms with Crippen LogP contribution < -0.4 is 0 Å². The molecule has 1 N–H and O–H groups in total. The van der Waals surface area contributed by atoms with Gasteiger partial charge in [0.25, 0.3) is 6.29 Å². The number of hydrogen-bond acceptors (Lipinski definition) is 7. The quantitative estimate of drug-likeness (QED) is 0.0294. The molecule has 50 heavy (non-hydrogen) atoms. The van der Waals surface area contributed by atoms with E-state index in [9.17, 15) is 19.2 Å². The maximum atomic E-state index is 12.4. The predicted octanol–water partition coefficient (Wildman–Crippen LogP) is 11.9. The Hall–Kier alpha value is -2.64. The molecule has 8 heteroatoms. The molecule has 0 aromatic carbocycles. The van der Waals surface area contributed by atoms with E-state index >= 15 is 0 Å². The zero-order chi connectivity index (χ0) is 36.8. The first kappa shape index (κ1) is 47.4. The molecular formula is C42H74O8. The standard InChI is InChI=1S/C42H74O8/c1-3-5-7-9-11-13-15-17-19-21-23-25-27-29-31-33-39(45)48-37-42(50-41(47)36-35-38(43)44)49-40(46)34-32-30-28-26-24-22-20-18-16-14-12-10-8-6-4-2/h17-20,42H,3-16,21-37H2,1-2H3,(H,43,44)/b19-17-,20-18-. The molecule has 0 aliphatic rings. The Morgan fingerprint density at radius 3 is 1.18 bits per heavy atom. The topological polar surface area (TPSA) is 116 Å². The molecule has 0 saturated carbocycles. The molecule has 0 aliphatic carbocycles. The Balaban J connectivity index is 4.12. The monoisotopic (exact) mass is 707 g/mol. The number of carbonyl (C=O) groups excluding carboxylic acids is 3. The van der Waals surface area contributed by atoms with Crippen LogP contribution in [0.3, 0.4) is 0 Å². The maximum Gasteiger partial charge on any atom is 0.309 e. The Morgan fingerprint density at radius 1 is 0.440 bits per heavy atom. The van der Waals surface area contributed by atoms with Crippen molar-refractivity contribution in [2.45, 2.75) is 213 Å². The highest BCUT2D eigenvalue weighted by molar-refractivity contribution is 5.77. The second-order valence-electron chi connectivity index (χ2n) is 13.7. The van der Waals surface area contributed by atoms with Gasteiger partial charge in [0, 0.05) is 12.8 Å². The average Bonchev–Trinajstić information content (AvgIpc) is 3.09. The Morgan fingerprint density at radius 2 is 0.780 bits per heavy atom. The van der Waals surface area contributed by atoms with Crippen LogP contribution in [0, 0.1) is 0 Å². The fourth-order valence-corrected chi connectivity index (χ4v) is 5.63. The Labute approximate surface area is 305 Å².